The lowest BCUT2D eigenvalue weighted by Gasteiger charge is -2.35. The van der Waals surface area contributed by atoms with Crippen LogP contribution in [0.25, 0.3) is 0 Å². The standard InChI is InChI=1S/C17H25NO2/c1-3-14-8-4-5-9-15(14)16(19)18-12-17(20)10-6-7-13(2)11-17/h4-5,8-9,13,20H,3,6-7,10-12H2,1-2H3,(H,18,19). The van der Waals surface area contributed by atoms with Gasteiger partial charge in [0.1, 0.15) is 0 Å². The van der Waals surface area contributed by atoms with Crippen LogP contribution in [0.4, 0.5) is 0 Å². The lowest BCUT2D eigenvalue weighted by Crippen LogP contribution is -2.45. The summed E-state index contributed by atoms with van der Waals surface area (Å²) in [5, 5.41) is 13.5. The molecule has 2 rings (SSSR count). The molecule has 20 heavy (non-hydrogen) atoms. The van der Waals surface area contributed by atoms with Gasteiger partial charge >= 0.3 is 0 Å². The fraction of sp³-hybridized carbons (Fsp3) is 0.588. The van der Waals surface area contributed by atoms with E-state index in [1.165, 1.54) is 6.42 Å². The maximum Gasteiger partial charge on any atom is 0.251 e. The van der Waals surface area contributed by atoms with Crippen LogP contribution in [0.2, 0.25) is 0 Å². The molecule has 0 aromatic heterocycles. The summed E-state index contributed by atoms with van der Waals surface area (Å²) in [5.41, 5.74) is 1.05. The van der Waals surface area contributed by atoms with Gasteiger partial charge in [-0.2, -0.15) is 0 Å². The molecule has 3 heteroatoms. The largest absolute Gasteiger partial charge is 0.388 e. The number of hydrogen-bond acceptors (Lipinski definition) is 2. The van der Waals surface area contributed by atoms with Crippen molar-refractivity contribution in [2.75, 3.05) is 6.54 Å². The molecule has 0 aliphatic heterocycles. The quantitative estimate of drug-likeness (QED) is 0.887. The molecule has 1 aliphatic rings. The van der Waals surface area contributed by atoms with E-state index in [2.05, 4.69) is 12.2 Å². The number of carbonyl (C=O) groups excluding carboxylic acids is 1. The van der Waals surface area contributed by atoms with Crippen molar-refractivity contribution in [1.29, 1.82) is 0 Å². The van der Waals surface area contributed by atoms with Crippen LogP contribution in [-0.4, -0.2) is 23.2 Å². The Hall–Kier alpha value is -1.35. The van der Waals surface area contributed by atoms with E-state index in [1.54, 1.807) is 0 Å². The minimum atomic E-state index is -0.728. The van der Waals surface area contributed by atoms with Crippen LogP contribution in [0.1, 0.15) is 55.5 Å². The van der Waals surface area contributed by atoms with Crippen molar-refractivity contribution in [3.8, 4) is 0 Å². The monoisotopic (exact) mass is 275 g/mol. The summed E-state index contributed by atoms with van der Waals surface area (Å²) in [6, 6.07) is 7.66. The molecule has 0 saturated heterocycles. The Bertz CT molecular complexity index is 472. The Kier molecular flexibility index (Phi) is 4.81. The minimum Gasteiger partial charge on any atom is -0.388 e. The van der Waals surface area contributed by atoms with Crippen LogP contribution in [0.5, 0.6) is 0 Å². The minimum absolute atomic E-state index is 0.0749. The summed E-state index contributed by atoms with van der Waals surface area (Å²) in [4.78, 5) is 12.3. The zero-order valence-corrected chi connectivity index (χ0v) is 12.5. The highest BCUT2D eigenvalue weighted by Gasteiger charge is 2.32. The number of hydrogen-bond donors (Lipinski definition) is 2. The molecule has 0 heterocycles. The lowest BCUT2D eigenvalue weighted by atomic mass is 9.79. The highest BCUT2D eigenvalue weighted by atomic mass is 16.3. The van der Waals surface area contributed by atoms with E-state index in [4.69, 9.17) is 0 Å². The normalized spacial score (nSPS) is 26.2. The van der Waals surface area contributed by atoms with Gasteiger partial charge in [-0.05, 0) is 36.8 Å². The van der Waals surface area contributed by atoms with E-state index in [9.17, 15) is 9.90 Å². The molecule has 2 N–H and O–H groups in total. The molecule has 1 fully saturated rings. The Labute approximate surface area is 121 Å². The van der Waals surface area contributed by atoms with Crippen molar-refractivity contribution in [2.45, 2.75) is 51.6 Å². The predicted octanol–water partition coefficient (Wildman–Crippen LogP) is 2.92. The van der Waals surface area contributed by atoms with Crippen molar-refractivity contribution < 1.29 is 9.90 Å². The molecule has 1 aromatic rings. The van der Waals surface area contributed by atoms with Crippen LogP contribution in [0.15, 0.2) is 24.3 Å². The van der Waals surface area contributed by atoms with Crippen molar-refractivity contribution in [1.82, 2.24) is 5.32 Å². The third kappa shape index (κ3) is 3.60. The average molecular weight is 275 g/mol. The number of carbonyl (C=O) groups is 1. The molecule has 0 bridgehead atoms. The van der Waals surface area contributed by atoms with E-state index in [0.717, 1.165) is 36.8 Å². The van der Waals surface area contributed by atoms with Gasteiger partial charge in [0, 0.05) is 12.1 Å². The maximum absolute atomic E-state index is 12.3. The summed E-state index contributed by atoms with van der Waals surface area (Å²) >= 11 is 0. The molecule has 2 atom stereocenters. The second-order valence-electron chi connectivity index (χ2n) is 6.12. The van der Waals surface area contributed by atoms with E-state index in [1.807, 2.05) is 31.2 Å². The zero-order valence-electron chi connectivity index (χ0n) is 12.5. The topological polar surface area (TPSA) is 49.3 Å². The number of nitrogens with one attached hydrogen (secondary N) is 1. The van der Waals surface area contributed by atoms with E-state index in [-0.39, 0.29) is 5.91 Å². The van der Waals surface area contributed by atoms with Crippen molar-refractivity contribution >= 4 is 5.91 Å². The van der Waals surface area contributed by atoms with Gasteiger partial charge in [-0.1, -0.05) is 44.9 Å². The Balaban J connectivity index is 1.98. The van der Waals surface area contributed by atoms with Gasteiger partial charge < -0.3 is 10.4 Å². The number of rotatable bonds is 4. The molecule has 2 unspecified atom stereocenters. The van der Waals surface area contributed by atoms with Gasteiger partial charge in [0.25, 0.3) is 5.91 Å². The molecule has 1 saturated carbocycles. The van der Waals surface area contributed by atoms with Crippen LogP contribution < -0.4 is 5.32 Å². The molecule has 0 radical (unpaired) electrons. The Morgan fingerprint density at radius 2 is 2.20 bits per heavy atom. The number of benzene rings is 1. The third-order valence-corrected chi connectivity index (χ3v) is 4.29. The van der Waals surface area contributed by atoms with Gasteiger partial charge in [0.2, 0.25) is 0 Å². The van der Waals surface area contributed by atoms with Crippen LogP contribution in [0, 0.1) is 5.92 Å². The van der Waals surface area contributed by atoms with Gasteiger partial charge in [-0.15, -0.1) is 0 Å². The first kappa shape index (κ1) is 15.0. The van der Waals surface area contributed by atoms with E-state index < -0.39 is 5.60 Å². The number of aliphatic hydroxyl groups is 1. The molecule has 3 nitrogen and oxygen atoms in total. The molecule has 1 aliphatic carbocycles. The first-order chi connectivity index (χ1) is 9.54. The summed E-state index contributed by atoms with van der Waals surface area (Å²) < 4.78 is 0. The molecule has 1 amide bonds. The van der Waals surface area contributed by atoms with Gasteiger partial charge in [-0.25, -0.2) is 0 Å². The lowest BCUT2D eigenvalue weighted by molar-refractivity contribution is -0.0109. The summed E-state index contributed by atoms with van der Waals surface area (Å²) in [7, 11) is 0. The molecular formula is C17H25NO2. The second kappa shape index (κ2) is 6.40. The first-order valence-electron chi connectivity index (χ1n) is 7.62. The molecular weight excluding hydrogens is 250 g/mol. The second-order valence-corrected chi connectivity index (χ2v) is 6.12. The highest BCUT2D eigenvalue weighted by Crippen LogP contribution is 2.31. The summed E-state index contributed by atoms with van der Waals surface area (Å²) in [6.07, 6.45) is 4.62. The maximum atomic E-state index is 12.3. The number of amides is 1. The van der Waals surface area contributed by atoms with E-state index in [0.29, 0.717) is 12.5 Å². The fourth-order valence-electron chi connectivity index (χ4n) is 3.18. The van der Waals surface area contributed by atoms with Gasteiger partial charge in [-0.3, -0.25) is 4.79 Å². The third-order valence-electron chi connectivity index (χ3n) is 4.29. The summed E-state index contributed by atoms with van der Waals surface area (Å²) in [6.45, 7) is 4.56. The predicted molar refractivity (Wildman–Crippen MR) is 80.7 cm³/mol. The van der Waals surface area contributed by atoms with Gasteiger partial charge in [0.15, 0.2) is 0 Å². The van der Waals surface area contributed by atoms with Crippen molar-refractivity contribution in [2.24, 2.45) is 5.92 Å². The molecule has 110 valence electrons. The van der Waals surface area contributed by atoms with Crippen LogP contribution >= 0.6 is 0 Å². The van der Waals surface area contributed by atoms with Crippen molar-refractivity contribution in [3.05, 3.63) is 35.4 Å². The fourth-order valence-corrected chi connectivity index (χ4v) is 3.18. The Morgan fingerprint density at radius 1 is 1.45 bits per heavy atom. The van der Waals surface area contributed by atoms with Crippen LogP contribution in [-0.2, 0) is 6.42 Å². The first-order valence-corrected chi connectivity index (χ1v) is 7.62. The average Bonchev–Trinajstić information content (AvgIpc) is 2.44. The molecule has 1 aromatic carbocycles. The van der Waals surface area contributed by atoms with E-state index >= 15 is 0 Å². The zero-order chi connectivity index (χ0) is 14.6. The van der Waals surface area contributed by atoms with Gasteiger partial charge in [0.05, 0.1) is 5.60 Å². The molecule has 0 spiro atoms. The smallest absolute Gasteiger partial charge is 0.251 e. The van der Waals surface area contributed by atoms with Crippen molar-refractivity contribution in [3.63, 3.8) is 0 Å². The summed E-state index contributed by atoms with van der Waals surface area (Å²) in [5.74, 6) is 0.461. The Morgan fingerprint density at radius 3 is 2.90 bits per heavy atom. The SMILES string of the molecule is CCc1ccccc1C(=O)NCC1(O)CCCC(C)C1. The highest BCUT2D eigenvalue weighted by molar-refractivity contribution is 5.95. The van der Waals surface area contributed by atoms with Crippen LogP contribution in [0.3, 0.4) is 0 Å². The number of aryl methyl sites for hydroxylation is 1.